The Bertz CT molecular complexity index is 1370. The molecule has 0 unspecified atom stereocenters. The number of aromatic nitrogens is 5. The van der Waals surface area contributed by atoms with Crippen LogP contribution in [0, 0.1) is 11.6 Å². The molecule has 2 heterocycles. The van der Waals surface area contributed by atoms with E-state index in [0.29, 0.717) is 0 Å². The summed E-state index contributed by atoms with van der Waals surface area (Å²) in [6.45, 7) is -0.583. The van der Waals surface area contributed by atoms with Gasteiger partial charge >= 0.3 is 6.18 Å². The average molecular weight is 464 g/mol. The first-order chi connectivity index (χ1) is 15.6. The fourth-order valence-corrected chi connectivity index (χ4v) is 3.08. The van der Waals surface area contributed by atoms with Crippen LogP contribution in [0.5, 0.6) is 0 Å². The Balaban J connectivity index is 1.50. The number of amides is 1. The van der Waals surface area contributed by atoms with Gasteiger partial charge in [-0.05, 0) is 42.0 Å². The van der Waals surface area contributed by atoms with Crippen molar-refractivity contribution < 1.29 is 26.7 Å². The van der Waals surface area contributed by atoms with Crippen molar-refractivity contribution >= 4 is 22.8 Å². The Kier molecular flexibility index (Phi) is 5.62. The summed E-state index contributed by atoms with van der Waals surface area (Å²) in [5.41, 5.74) is -1.33. The number of nitrogens with one attached hydrogen (secondary N) is 1. The Morgan fingerprint density at radius 1 is 1.03 bits per heavy atom. The van der Waals surface area contributed by atoms with Gasteiger partial charge in [0.15, 0.2) is 11.2 Å². The molecule has 0 spiro atoms. The molecule has 170 valence electrons. The molecule has 1 N–H and O–H groups in total. The molecule has 4 aromatic rings. The molecular weight excluding hydrogens is 451 g/mol. The topological polar surface area (TPSA) is 94.7 Å². The largest absolute Gasteiger partial charge is 0.416 e. The van der Waals surface area contributed by atoms with E-state index in [2.05, 4.69) is 20.6 Å². The zero-order valence-corrected chi connectivity index (χ0v) is 16.5. The van der Waals surface area contributed by atoms with Gasteiger partial charge in [0.2, 0.25) is 5.91 Å². The highest BCUT2D eigenvalue weighted by Crippen LogP contribution is 2.29. The lowest BCUT2D eigenvalue weighted by Gasteiger charge is -2.09. The third-order valence-electron chi connectivity index (χ3n) is 4.56. The molecular formula is C20H13F5N6O2. The number of fused-ring (bicyclic) bond motifs is 1. The van der Waals surface area contributed by atoms with Crippen LogP contribution in [0.4, 0.5) is 27.6 Å². The van der Waals surface area contributed by atoms with Crippen molar-refractivity contribution in [1.29, 1.82) is 0 Å². The van der Waals surface area contributed by atoms with Crippen LogP contribution in [0.2, 0.25) is 0 Å². The zero-order chi connectivity index (χ0) is 23.8. The van der Waals surface area contributed by atoms with Crippen LogP contribution in [-0.2, 0) is 24.1 Å². The Hall–Kier alpha value is -4.16. The van der Waals surface area contributed by atoms with E-state index < -0.39 is 41.4 Å². The zero-order valence-electron chi connectivity index (χ0n) is 16.5. The molecule has 2 aromatic heterocycles. The van der Waals surface area contributed by atoms with E-state index in [9.17, 15) is 31.5 Å². The van der Waals surface area contributed by atoms with Crippen molar-refractivity contribution in [2.75, 3.05) is 5.32 Å². The fourth-order valence-electron chi connectivity index (χ4n) is 3.08. The van der Waals surface area contributed by atoms with Crippen LogP contribution in [-0.4, -0.2) is 30.5 Å². The molecule has 0 bridgehead atoms. The van der Waals surface area contributed by atoms with Gasteiger partial charge < -0.3 is 5.32 Å². The van der Waals surface area contributed by atoms with E-state index in [4.69, 9.17) is 0 Å². The second-order valence-corrected chi connectivity index (χ2v) is 7.00. The molecule has 0 fully saturated rings. The summed E-state index contributed by atoms with van der Waals surface area (Å²) in [4.78, 5) is 28.9. The van der Waals surface area contributed by atoms with Gasteiger partial charge in [-0.15, -0.1) is 5.10 Å². The fraction of sp³-hybridized carbons (Fsp3) is 0.150. The van der Waals surface area contributed by atoms with Gasteiger partial charge in [-0.3, -0.25) is 14.2 Å². The van der Waals surface area contributed by atoms with E-state index in [0.717, 1.165) is 53.4 Å². The van der Waals surface area contributed by atoms with Gasteiger partial charge in [0.1, 0.15) is 24.5 Å². The Morgan fingerprint density at radius 3 is 2.33 bits per heavy atom. The molecule has 0 radical (unpaired) electrons. The minimum atomic E-state index is -4.50. The molecule has 13 heteroatoms. The van der Waals surface area contributed by atoms with E-state index in [1.165, 1.54) is 4.68 Å². The summed E-state index contributed by atoms with van der Waals surface area (Å²) in [7, 11) is 0. The van der Waals surface area contributed by atoms with Crippen molar-refractivity contribution in [2.45, 2.75) is 19.3 Å². The van der Waals surface area contributed by atoms with E-state index >= 15 is 0 Å². The van der Waals surface area contributed by atoms with Gasteiger partial charge in [-0.25, -0.2) is 18.4 Å². The van der Waals surface area contributed by atoms with Crippen molar-refractivity contribution in [3.63, 3.8) is 0 Å². The highest BCUT2D eigenvalue weighted by Gasteiger charge is 2.30. The smallest absolute Gasteiger partial charge is 0.325 e. The summed E-state index contributed by atoms with van der Waals surface area (Å²) in [6, 6.07) is 6.73. The van der Waals surface area contributed by atoms with Crippen LogP contribution in [0.15, 0.2) is 53.6 Å². The number of halogens is 5. The van der Waals surface area contributed by atoms with Crippen LogP contribution in [0.3, 0.4) is 0 Å². The number of carbonyl (C=O) groups is 1. The van der Waals surface area contributed by atoms with Crippen molar-refractivity contribution in [3.05, 3.63) is 81.9 Å². The Morgan fingerprint density at radius 2 is 1.70 bits per heavy atom. The Labute approximate surface area is 181 Å². The molecule has 0 aliphatic carbocycles. The highest BCUT2D eigenvalue weighted by atomic mass is 19.4. The summed E-state index contributed by atoms with van der Waals surface area (Å²) in [5.74, 6) is -2.23. The first-order valence-corrected chi connectivity index (χ1v) is 9.31. The molecule has 0 saturated carbocycles. The maximum atomic E-state index is 13.4. The lowest BCUT2D eigenvalue weighted by Crippen LogP contribution is -2.28. The second-order valence-electron chi connectivity index (χ2n) is 7.00. The predicted octanol–water partition coefficient (Wildman–Crippen LogP) is 2.97. The number of carbonyl (C=O) groups excluding carboxylic acids is 1. The van der Waals surface area contributed by atoms with Crippen LogP contribution in [0.1, 0.15) is 11.1 Å². The number of hydrogen-bond donors (Lipinski definition) is 1. The van der Waals surface area contributed by atoms with E-state index in [1.54, 1.807) is 0 Å². The monoisotopic (exact) mass is 464 g/mol. The first-order valence-electron chi connectivity index (χ1n) is 9.31. The molecule has 8 nitrogen and oxygen atoms in total. The minimum Gasteiger partial charge on any atom is -0.325 e. The lowest BCUT2D eigenvalue weighted by molar-refractivity contribution is -0.137. The number of anilines is 1. The molecule has 0 aliphatic heterocycles. The van der Waals surface area contributed by atoms with Crippen LogP contribution >= 0.6 is 0 Å². The lowest BCUT2D eigenvalue weighted by atomic mass is 10.2. The molecule has 1 amide bonds. The standard InChI is InChI=1S/C20H13F5N6O2/c21-13-5-11(6-14(22)7-13)8-31-18-17(28-29-31)19(33)30(10-26-18)9-16(32)27-15-3-1-12(2-4-15)20(23,24)25/h1-7,10H,8-9H2,(H,27,32). The predicted molar refractivity (Wildman–Crippen MR) is 105 cm³/mol. The highest BCUT2D eigenvalue weighted by molar-refractivity contribution is 5.90. The number of benzene rings is 2. The number of alkyl halides is 3. The quantitative estimate of drug-likeness (QED) is 0.459. The minimum absolute atomic E-state index is 0.0454. The van der Waals surface area contributed by atoms with E-state index in [1.807, 2.05) is 0 Å². The number of hydrogen-bond acceptors (Lipinski definition) is 5. The third kappa shape index (κ3) is 4.86. The maximum absolute atomic E-state index is 13.4. The molecule has 33 heavy (non-hydrogen) atoms. The van der Waals surface area contributed by atoms with Gasteiger partial charge in [-0.1, -0.05) is 5.21 Å². The number of rotatable bonds is 5. The van der Waals surface area contributed by atoms with Crippen molar-refractivity contribution in [1.82, 2.24) is 24.5 Å². The maximum Gasteiger partial charge on any atom is 0.416 e. The summed E-state index contributed by atoms with van der Waals surface area (Å²) in [6.07, 6.45) is -3.43. The molecule has 0 saturated heterocycles. The van der Waals surface area contributed by atoms with Gasteiger partial charge in [0, 0.05) is 11.8 Å². The van der Waals surface area contributed by atoms with Gasteiger partial charge in [0.05, 0.1) is 12.1 Å². The summed E-state index contributed by atoms with van der Waals surface area (Å²) < 4.78 is 66.8. The normalized spacial score (nSPS) is 11.7. The molecule has 2 aromatic carbocycles. The summed E-state index contributed by atoms with van der Waals surface area (Å²) >= 11 is 0. The van der Waals surface area contributed by atoms with Crippen molar-refractivity contribution in [3.8, 4) is 0 Å². The van der Waals surface area contributed by atoms with Gasteiger partial charge in [0.25, 0.3) is 5.56 Å². The van der Waals surface area contributed by atoms with Gasteiger partial charge in [-0.2, -0.15) is 13.2 Å². The number of nitrogens with zero attached hydrogens (tertiary/aromatic N) is 5. The SMILES string of the molecule is O=C(Cn1cnc2c(nnn2Cc2cc(F)cc(F)c2)c1=O)Nc1ccc(C(F)(F)F)cc1. The average Bonchev–Trinajstić information content (AvgIpc) is 3.12. The van der Waals surface area contributed by atoms with Crippen LogP contribution < -0.4 is 10.9 Å². The summed E-state index contributed by atoms with van der Waals surface area (Å²) in [5, 5.41) is 9.90. The van der Waals surface area contributed by atoms with Crippen LogP contribution in [0.25, 0.3) is 11.2 Å². The first kappa shape index (κ1) is 22.0. The van der Waals surface area contributed by atoms with Crippen molar-refractivity contribution in [2.24, 2.45) is 0 Å². The third-order valence-corrected chi connectivity index (χ3v) is 4.56. The molecule has 4 rings (SSSR count). The van der Waals surface area contributed by atoms with E-state index in [-0.39, 0.29) is 29.0 Å². The second kappa shape index (κ2) is 8.41. The molecule has 0 aliphatic rings. The molecule has 0 atom stereocenters.